The van der Waals surface area contributed by atoms with Crippen LogP contribution in [-0.4, -0.2) is 168 Å². The monoisotopic (exact) mass is 1630 g/mol. The Balaban J connectivity index is -0.00000954. The van der Waals surface area contributed by atoms with Gasteiger partial charge in [0.25, 0.3) is 0 Å². The zero-order valence-corrected chi connectivity index (χ0v) is 80.1. The summed E-state index contributed by atoms with van der Waals surface area (Å²) in [7, 11) is -0.732. The molecule has 19 nitrogen and oxygen atoms in total. The number of carbonyl (C=O) groups excluding carboxylic acids is 3. The molecular formula is C87H180N4Na2O15P2+2. The van der Waals surface area contributed by atoms with Crippen LogP contribution in [0.2, 0.25) is 0 Å². The van der Waals surface area contributed by atoms with Crippen LogP contribution in [0.4, 0.5) is 4.79 Å². The van der Waals surface area contributed by atoms with Crippen LogP contribution >= 0.6 is 15.6 Å². The number of phosphoric ester groups is 2. The predicted molar refractivity (Wildman–Crippen MR) is 452 cm³/mol. The van der Waals surface area contributed by atoms with Gasteiger partial charge >= 0.3 is 92.7 Å². The Morgan fingerprint density at radius 2 is 0.555 bits per heavy atom. The summed E-state index contributed by atoms with van der Waals surface area (Å²) in [4.78, 5) is 61.1. The zero-order valence-electron chi connectivity index (χ0n) is 76.3. The van der Waals surface area contributed by atoms with E-state index in [2.05, 4.69) is 80.4 Å². The number of nitrogens with zero attached hydrogens (tertiary/aromatic N) is 2. The molecule has 0 aromatic carbocycles. The summed E-state index contributed by atoms with van der Waals surface area (Å²) < 4.78 is 75.0. The molecule has 0 bridgehead atoms. The van der Waals surface area contributed by atoms with E-state index in [1.807, 2.05) is 0 Å². The standard InChI is InChI=1S/C87H176N4O15P2.2Na.2H/c1-11-17-23-29-33-37-39-41-45-49-55-61-71-90(7,8)81(77-99-73-67-83(63-57-51-27-21-15-5)105-85(92)65-59-53-47-43-35-31-25-19-13-3)79-103-107(95,96)101-75-69-88-87(94)89-70-76-102-108(97,98)104-80-82(91(9,10)72-62-56-50-46-42-40-38-34-30-24-18-12-2)78-100-74-68-84(64-58-52-28-22-16-6)106-86(93)66-60-54-48-44-36-32-26-20-14-4;;;;/h81-84H,11-80H2,1-10H3,(H2-2,88,89,94,95,96,97,98);;;;/q;2*+1;2*-1/p+2/t81-,82-,83-,84-;;;;/m1..../s1. The van der Waals surface area contributed by atoms with Crippen molar-refractivity contribution >= 4 is 33.6 Å². The molecule has 2 unspecified atom stereocenters. The number of nitrogens with one attached hydrogen (secondary N) is 2. The molecule has 23 heteroatoms. The normalized spacial score (nSPS) is 14.1. The zero-order chi connectivity index (χ0) is 79.6. The summed E-state index contributed by atoms with van der Waals surface area (Å²) in [6, 6.07) is -1.26. The van der Waals surface area contributed by atoms with Crippen LogP contribution in [0.3, 0.4) is 0 Å². The van der Waals surface area contributed by atoms with Gasteiger partial charge in [-0.15, -0.1) is 0 Å². The smallest absolute Gasteiger partial charge is 1.00 e. The van der Waals surface area contributed by atoms with Crippen molar-refractivity contribution in [1.29, 1.82) is 0 Å². The molecule has 0 radical (unpaired) electrons. The second kappa shape index (κ2) is 81.6. The van der Waals surface area contributed by atoms with Crippen molar-refractivity contribution in [2.24, 2.45) is 0 Å². The fourth-order valence-corrected chi connectivity index (χ4v) is 15.6. The van der Waals surface area contributed by atoms with Crippen molar-refractivity contribution in [1.82, 2.24) is 10.6 Å². The molecule has 0 spiro atoms. The molecule has 648 valence electrons. The third-order valence-electron chi connectivity index (χ3n) is 21.9. The topological polar surface area (TPSA) is 224 Å². The third-order valence-corrected chi connectivity index (χ3v) is 23.9. The summed E-state index contributed by atoms with van der Waals surface area (Å²) in [5.41, 5.74) is 0. The molecular weight excluding hydrogens is 1450 g/mol. The van der Waals surface area contributed by atoms with E-state index in [1.165, 1.54) is 218 Å². The summed E-state index contributed by atoms with van der Waals surface area (Å²) in [5, 5.41) is 5.20. The molecule has 0 saturated heterocycles. The number of unbranched alkanes of at least 4 members (excludes halogenated alkanes) is 46. The summed E-state index contributed by atoms with van der Waals surface area (Å²) >= 11 is 0. The molecule has 0 aliphatic carbocycles. The van der Waals surface area contributed by atoms with E-state index < -0.39 is 21.7 Å². The Labute approximate surface area is 725 Å². The van der Waals surface area contributed by atoms with E-state index in [0.29, 0.717) is 47.9 Å². The first-order valence-electron chi connectivity index (χ1n) is 45.7. The van der Waals surface area contributed by atoms with E-state index in [4.69, 9.17) is 37.0 Å². The number of hydrogen-bond acceptors (Lipinski definition) is 13. The maximum Gasteiger partial charge on any atom is 1.00 e. The van der Waals surface area contributed by atoms with Crippen LogP contribution in [0.25, 0.3) is 0 Å². The van der Waals surface area contributed by atoms with Gasteiger partial charge in [-0.2, -0.15) is 0 Å². The first-order valence-corrected chi connectivity index (χ1v) is 48.6. The van der Waals surface area contributed by atoms with Crippen molar-refractivity contribution in [3.63, 3.8) is 0 Å². The SMILES string of the molecule is CCCCCCCCCCCCCC[N+](C)(C)[C@H](COCC[C@@H](CCCCCCC)OC(=O)CCCCCCCCCCC)COP(=O)(O)OCCNC(=O)NCCOP(=O)(O)OC[C@@H](COCC[C@@H](CCCCCCC)OC(=O)CCCCCCCCCCC)[N+](C)(C)CCCCCCCCCCCCCC.[H-].[H-].[Na+].[Na+]. The molecule has 110 heavy (non-hydrogen) atoms. The predicted octanol–water partition coefficient (Wildman–Crippen LogP) is 18.3. The molecule has 6 atom stereocenters. The minimum absolute atomic E-state index is 0. The fourth-order valence-electron chi connectivity index (χ4n) is 14.1. The number of rotatable bonds is 86. The average molecular weight is 1630 g/mol. The number of quaternary nitrogens is 2. The van der Waals surface area contributed by atoms with Crippen LogP contribution in [0.1, 0.15) is 417 Å². The summed E-state index contributed by atoms with van der Waals surface area (Å²) in [6.07, 6.45) is 65.6. The number of hydrogen-bond donors (Lipinski definition) is 4. The first kappa shape index (κ1) is 114. The molecule has 0 aliphatic rings. The van der Waals surface area contributed by atoms with E-state index >= 15 is 0 Å². The molecule has 0 heterocycles. The largest absolute Gasteiger partial charge is 1.00 e. The second-order valence-electron chi connectivity index (χ2n) is 33.0. The van der Waals surface area contributed by atoms with Crippen LogP contribution in [-0.2, 0) is 55.8 Å². The first-order chi connectivity index (χ1) is 52.2. The van der Waals surface area contributed by atoms with Crippen molar-refractivity contribution in [2.75, 3.05) is 107 Å². The summed E-state index contributed by atoms with van der Waals surface area (Å²) in [5.74, 6) is -0.267. The van der Waals surface area contributed by atoms with Gasteiger partial charge in [0.15, 0.2) is 0 Å². The van der Waals surface area contributed by atoms with E-state index in [0.717, 1.165) is 142 Å². The molecule has 0 aromatic rings. The Kier molecular flexibility index (Phi) is 84.9. The van der Waals surface area contributed by atoms with Gasteiger partial charge in [0.05, 0.1) is 67.7 Å². The van der Waals surface area contributed by atoms with Crippen molar-refractivity contribution in [3.05, 3.63) is 0 Å². The van der Waals surface area contributed by atoms with E-state index in [1.54, 1.807) is 0 Å². The number of likely N-dealkylation sites (N-methyl/N-ethyl adjacent to an activating group) is 2. The molecule has 4 N–H and O–H groups in total. The van der Waals surface area contributed by atoms with Gasteiger partial charge in [0.1, 0.15) is 50.7 Å². The summed E-state index contributed by atoms with van der Waals surface area (Å²) in [6.45, 7) is 15.2. The fraction of sp³-hybridized carbons (Fsp3) is 0.966. The Morgan fingerprint density at radius 3 is 0.818 bits per heavy atom. The number of phosphoric acid groups is 2. The minimum Gasteiger partial charge on any atom is -1.00 e. The van der Waals surface area contributed by atoms with Crippen LogP contribution in [0.5, 0.6) is 0 Å². The number of urea groups is 1. The van der Waals surface area contributed by atoms with Gasteiger partial charge in [0.2, 0.25) is 0 Å². The molecule has 0 rings (SSSR count). The van der Waals surface area contributed by atoms with Crippen molar-refractivity contribution in [3.8, 4) is 0 Å². The molecule has 2 amide bonds. The van der Waals surface area contributed by atoms with Crippen molar-refractivity contribution < 1.29 is 141 Å². The number of carbonyl (C=O) groups is 3. The second-order valence-corrected chi connectivity index (χ2v) is 35.9. The van der Waals surface area contributed by atoms with Gasteiger partial charge < -0.3 is 51.2 Å². The average Bonchev–Trinajstić information content (AvgIpc) is 0.861. The maximum absolute atomic E-state index is 13.5. The molecule has 0 fully saturated rings. The molecule has 0 aromatic heterocycles. The maximum atomic E-state index is 13.5. The van der Waals surface area contributed by atoms with Crippen molar-refractivity contribution in [2.45, 2.75) is 438 Å². The van der Waals surface area contributed by atoms with Gasteiger partial charge in [-0.05, 0) is 64.2 Å². The Morgan fingerprint density at radius 1 is 0.318 bits per heavy atom. The number of esters is 2. The third kappa shape index (κ3) is 75.7. The molecule has 0 aliphatic heterocycles. The number of amides is 2. The minimum atomic E-state index is -4.58. The Hall–Kier alpha value is 0.270. The van der Waals surface area contributed by atoms with Crippen LogP contribution < -0.4 is 69.7 Å². The quantitative estimate of drug-likeness (QED) is 0.0146. The van der Waals surface area contributed by atoms with Gasteiger partial charge in [0, 0.05) is 38.8 Å². The van der Waals surface area contributed by atoms with Gasteiger partial charge in [-0.3, -0.25) is 27.7 Å². The van der Waals surface area contributed by atoms with Crippen LogP contribution in [0, 0.1) is 0 Å². The Bertz CT molecular complexity index is 1990. The number of ether oxygens (including phenoxy) is 4. The van der Waals surface area contributed by atoms with Gasteiger partial charge in [-0.1, -0.05) is 324 Å². The van der Waals surface area contributed by atoms with E-state index in [9.17, 15) is 33.3 Å². The molecule has 0 saturated carbocycles. The van der Waals surface area contributed by atoms with Crippen LogP contribution in [0.15, 0.2) is 0 Å². The van der Waals surface area contributed by atoms with E-state index in [-0.39, 0.29) is 151 Å². The van der Waals surface area contributed by atoms with Gasteiger partial charge in [-0.25, -0.2) is 13.9 Å².